The summed E-state index contributed by atoms with van der Waals surface area (Å²) in [4.78, 5) is 12.7. The minimum absolute atomic E-state index is 0.138. The van der Waals surface area contributed by atoms with E-state index in [0.717, 1.165) is 22.3 Å². The lowest BCUT2D eigenvalue weighted by Gasteiger charge is -2.24. The van der Waals surface area contributed by atoms with Crippen molar-refractivity contribution in [1.29, 1.82) is 0 Å². The molecular formula is C26H21ClO3. The van der Waals surface area contributed by atoms with Gasteiger partial charge in [-0.2, -0.15) is 0 Å². The van der Waals surface area contributed by atoms with Crippen LogP contribution < -0.4 is 4.74 Å². The Labute approximate surface area is 180 Å². The molecule has 4 heteroatoms. The Morgan fingerprint density at radius 2 is 1.63 bits per heavy atom. The average molecular weight is 417 g/mol. The Bertz CT molecular complexity index is 1160. The minimum Gasteiger partial charge on any atom is -0.507 e. The van der Waals surface area contributed by atoms with Crippen molar-refractivity contribution in [3.63, 3.8) is 0 Å². The predicted octanol–water partition coefficient (Wildman–Crippen LogP) is 6.62. The van der Waals surface area contributed by atoms with Gasteiger partial charge in [-0.05, 0) is 43.2 Å². The van der Waals surface area contributed by atoms with Gasteiger partial charge < -0.3 is 9.84 Å². The monoisotopic (exact) mass is 416 g/mol. The van der Waals surface area contributed by atoms with Crippen LogP contribution in [0.15, 0.2) is 72.8 Å². The second-order valence-electron chi connectivity index (χ2n) is 7.44. The molecule has 1 unspecified atom stereocenters. The van der Waals surface area contributed by atoms with Crippen LogP contribution >= 0.6 is 11.6 Å². The van der Waals surface area contributed by atoms with Gasteiger partial charge in [-0.3, -0.25) is 4.79 Å². The maximum atomic E-state index is 12.7. The number of halogens is 1. The van der Waals surface area contributed by atoms with Crippen molar-refractivity contribution in [1.82, 2.24) is 0 Å². The van der Waals surface area contributed by atoms with Crippen LogP contribution in [0.5, 0.6) is 11.5 Å². The molecule has 0 fully saturated rings. The van der Waals surface area contributed by atoms with Crippen LogP contribution in [0, 0.1) is 13.8 Å². The van der Waals surface area contributed by atoms with Crippen LogP contribution in [-0.4, -0.2) is 10.9 Å². The number of benzene rings is 3. The summed E-state index contributed by atoms with van der Waals surface area (Å²) in [7, 11) is 0. The number of phenols is 1. The van der Waals surface area contributed by atoms with E-state index in [1.807, 2.05) is 68.5 Å². The molecule has 0 radical (unpaired) electrons. The van der Waals surface area contributed by atoms with Crippen LogP contribution in [0.25, 0.3) is 11.1 Å². The van der Waals surface area contributed by atoms with Crippen LogP contribution in [0.4, 0.5) is 0 Å². The maximum absolute atomic E-state index is 12.7. The summed E-state index contributed by atoms with van der Waals surface area (Å²) < 4.78 is 6.03. The third-order valence-electron chi connectivity index (χ3n) is 5.08. The highest BCUT2D eigenvalue weighted by molar-refractivity contribution is 6.49. The van der Waals surface area contributed by atoms with Gasteiger partial charge in [0, 0.05) is 11.6 Å². The van der Waals surface area contributed by atoms with E-state index in [4.69, 9.17) is 16.3 Å². The highest BCUT2D eigenvalue weighted by Crippen LogP contribution is 2.42. The maximum Gasteiger partial charge on any atom is 0.189 e. The van der Waals surface area contributed by atoms with Crippen LogP contribution in [0.2, 0.25) is 0 Å². The number of ether oxygens (including phenoxy) is 1. The third-order valence-corrected chi connectivity index (χ3v) is 5.41. The molecule has 3 nitrogen and oxygen atoms in total. The van der Waals surface area contributed by atoms with E-state index in [1.165, 1.54) is 12.1 Å². The second-order valence-corrected chi connectivity index (χ2v) is 7.84. The number of allylic oxidation sites excluding steroid dienone is 1. The molecule has 1 N–H and O–H groups in total. The summed E-state index contributed by atoms with van der Waals surface area (Å²) in [6.45, 7) is 4.03. The molecule has 1 aliphatic heterocycles. The Balaban J connectivity index is 1.61. The SMILES string of the molecule is Cc1ccc(/C=C/C(=O)c2cc3c(cc2O)OC(c2ccc(C)cc2)C=C3Cl)cc1. The van der Waals surface area contributed by atoms with Gasteiger partial charge in [0.15, 0.2) is 5.78 Å². The first-order valence-corrected chi connectivity index (χ1v) is 10.1. The Hall–Kier alpha value is -3.30. The molecule has 0 amide bonds. The van der Waals surface area contributed by atoms with Crippen molar-refractivity contribution < 1.29 is 14.6 Å². The van der Waals surface area contributed by atoms with Crippen molar-refractivity contribution in [2.24, 2.45) is 0 Å². The largest absolute Gasteiger partial charge is 0.507 e. The Morgan fingerprint density at radius 1 is 1.00 bits per heavy atom. The predicted molar refractivity (Wildman–Crippen MR) is 121 cm³/mol. The normalized spacial score (nSPS) is 15.4. The van der Waals surface area contributed by atoms with E-state index in [2.05, 4.69) is 0 Å². The summed E-state index contributed by atoms with van der Waals surface area (Å²) in [6.07, 6.45) is 4.63. The Kier molecular flexibility index (Phi) is 5.47. The quantitative estimate of drug-likeness (QED) is 0.384. The van der Waals surface area contributed by atoms with Gasteiger partial charge in [0.1, 0.15) is 17.6 Å². The highest BCUT2D eigenvalue weighted by atomic mass is 35.5. The zero-order valence-corrected chi connectivity index (χ0v) is 17.5. The lowest BCUT2D eigenvalue weighted by molar-refractivity contribution is 0.104. The molecule has 1 heterocycles. The van der Waals surface area contributed by atoms with E-state index in [9.17, 15) is 9.90 Å². The second kappa shape index (κ2) is 8.21. The standard InChI is InChI=1S/C26H21ClO3/c1-16-3-7-18(8-4-16)9-12-23(28)21-13-20-22(27)14-25(30-26(20)15-24(21)29)19-10-5-17(2)6-11-19/h3-15,25,29H,1-2H3/b12-9+. The average Bonchev–Trinajstić information content (AvgIpc) is 2.73. The summed E-state index contributed by atoms with van der Waals surface area (Å²) >= 11 is 6.51. The van der Waals surface area contributed by atoms with Crippen LogP contribution in [-0.2, 0) is 0 Å². The molecule has 0 spiro atoms. The molecule has 0 aromatic heterocycles. The molecule has 0 aliphatic carbocycles. The van der Waals surface area contributed by atoms with Crippen molar-refractivity contribution in [2.75, 3.05) is 0 Å². The van der Waals surface area contributed by atoms with Crippen molar-refractivity contribution in [2.45, 2.75) is 20.0 Å². The number of carbonyl (C=O) groups is 1. The third kappa shape index (κ3) is 4.17. The minimum atomic E-state index is -0.354. The first kappa shape index (κ1) is 20.0. The molecule has 0 bridgehead atoms. The number of carbonyl (C=O) groups excluding carboxylic acids is 1. The fourth-order valence-corrected chi connectivity index (χ4v) is 3.57. The van der Waals surface area contributed by atoms with Crippen LogP contribution in [0.3, 0.4) is 0 Å². The molecule has 3 aromatic rings. The van der Waals surface area contributed by atoms with Gasteiger partial charge in [-0.25, -0.2) is 0 Å². The molecule has 4 rings (SSSR count). The van der Waals surface area contributed by atoms with Gasteiger partial charge in [-0.1, -0.05) is 77.3 Å². The summed E-state index contributed by atoms with van der Waals surface area (Å²) in [6, 6.07) is 18.9. The molecular weight excluding hydrogens is 396 g/mol. The van der Waals surface area contributed by atoms with E-state index in [1.54, 1.807) is 12.1 Å². The summed E-state index contributed by atoms with van der Waals surface area (Å²) in [5.41, 5.74) is 4.95. The lowest BCUT2D eigenvalue weighted by Crippen LogP contribution is -2.11. The molecule has 1 atom stereocenters. The van der Waals surface area contributed by atoms with E-state index >= 15 is 0 Å². The topological polar surface area (TPSA) is 46.5 Å². The number of fused-ring (bicyclic) bond motifs is 1. The number of aromatic hydroxyl groups is 1. The number of hydrogen-bond acceptors (Lipinski definition) is 3. The van der Waals surface area contributed by atoms with Gasteiger partial charge in [0.05, 0.1) is 10.6 Å². The molecule has 0 saturated heterocycles. The molecule has 150 valence electrons. The van der Waals surface area contributed by atoms with E-state index in [-0.39, 0.29) is 23.2 Å². The molecule has 1 aliphatic rings. The van der Waals surface area contributed by atoms with Gasteiger partial charge in [0.2, 0.25) is 0 Å². The molecule has 0 saturated carbocycles. The Morgan fingerprint density at radius 3 is 2.30 bits per heavy atom. The van der Waals surface area contributed by atoms with Gasteiger partial charge in [0.25, 0.3) is 0 Å². The smallest absolute Gasteiger partial charge is 0.189 e. The number of hydrogen-bond donors (Lipinski definition) is 1. The van der Waals surface area contributed by atoms with Crippen molar-refractivity contribution in [3.8, 4) is 11.5 Å². The fourth-order valence-electron chi connectivity index (χ4n) is 3.30. The molecule has 30 heavy (non-hydrogen) atoms. The fraction of sp³-hybridized carbons (Fsp3) is 0.115. The summed E-state index contributed by atoms with van der Waals surface area (Å²) in [5.74, 6) is 0.00645. The van der Waals surface area contributed by atoms with Crippen molar-refractivity contribution in [3.05, 3.63) is 106 Å². The number of rotatable bonds is 4. The zero-order chi connectivity index (χ0) is 21.3. The zero-order valence-electron chi connectivity index (χ0n) is 16.7. The number of aryl methyl sites for hydroxylation is 2. The van der Waals surface area contributed by atoms with Crippen LogP contribution in [0.1, 0.15) is 44.3 Å². The van der Waals surface area contributed by atoms with Gasteiger partial charge >= 0.3 is 0 Å². The van der Waals surface area contributed by atoms with E-state index < -0.39 is 0 Å². The first-order valence-electron chi connectivity index (χ1n) is 9.68. The highest BCUT2D eigenvalue weighted by Gasteiger charge is 2.24. The lowest BCUT2D eigenvalue weighted by atomic mass is 9.99. The summed E-state index contributed by atoms with van der Waals surface area (Å²) in [5, 5.41) is 10.9. The number of ketones is 1. The van der Waals surface area contributed by atoms with Crippen molar-refractivity contribution >= 4 is 28.5 Å². The van der Waals surface area contributed by atoms with E-state index in [0.29, 0.717) is 16.3 Å². The number of phenolic OH excluding ortho intramolecular Hbond substituents is 1. The molecule has 3 aromatic carbocycles. The first-order chi connectivity index (χ1) is 14.4. The van der Waals surface area contributed by atoms with Gasteiger partial charge in [-0.15, -0.1) is 0 Å².